The van der Waals surface area contributed by atoms with Crippen molar-refractivity contribution in [3.8, 4) is 0 Å². The van der Waals surface area contributed by atoms with Gasteiger partial charge < -0.3 is 4.48 Å². The highest BCUT2D eigenvalue weighted by molar-refractivity contribution is 5.09. The molecule has 2 saturated carbocycles. The molecular formula is C18H36N+. The van der Waals surface area contributed by atoms with Crippen molar-refractivity contribution in [2.24, 2.45) is 29.1 Å². The van der Waals surface area contributed by atoms with Crippen molar-refractivity contribution in [2.75, 3.05) is 21.1 Å². The van der Waals surface area contributed by atoms with Crippen molar-refractivity contribution < 1.29 is 4.48 Å². The minimum absolute atomic E-state index is 0.727. The van der Waals surface area contributed by atoms with Crippen LogP contribution >= 0.6 is 0 Å². The highest BCUT2D eigenvalue weighted by Crippen LogP contribution is 2.66. The molecule has 0 bridgehead atoms. The van der Waals surface area contributed by atoms with Crippen LogP contribution in [0.25, 0.3) is 0 Å². The average Bonchev–Trinajstić information content (AvgIpc) is 3.15. The molecule has 2 fully saturated rings. The Labute approximate surface area is 121 Å². The van der Waals surface area contributed by atoms with E-state index in [0.717, 1.165) is 35.1 Å². The second-order valence-electron chi connectivity index (χ2n) is 8.62. The first-order valence-electron chi connectivity index (χ1n) is 8.59. The highest BCUT2D eigenvalue weighted by atomic mass is 15.3. The molecule has 2 aliphatic carbocycles. The zero-order chi connectivity index (χ0) is 14.4. The van der Waals surface area contributed by atoms with E-state index < -0.39 is 0 Å². The number of hydrogen-bond donors (Lipinski definition) is 0. The molecular weight excluding hydrogens is 230 g/mol. The summed E-state index contributed by atoms with van der Waals surface area (Å²) in [6.07, 6.45) is 7.27. The van der Waals surface area contributed by atoms with E-state index in [0.29, 0.717) is 0 Å². The lowest BCUT2D eigenvalue weighted by Crippen LogP contribution is -2.38. The van der Waals surface area contributed by atoms with Gasteiger partial charge in [0.2, 0.25) is 0 Å². The Balaban J connectivity index is 1.94. The van der Waals surface area contributed by atoms with Gasteiger partial charge in [-0.1, -0.05) is 34.1 Å². The molecule has 0 aromatic rings. The van der Waals surface area contributed by atoms with Gasteiger partial charge >= 0.3 is 0 Å². The molecule has 0 aromatic carbocycles. The van der Waals surface area contributed by atoms with Gasteiger partial charge in [0.1, 0.15) is 0 Å². The normalized spacial score (nSPS) is 41.7. The fraction of sp³-hybridized carbons (Fsp3) is 1.00. The van der Waals surface area contributed by atoms with E-state index in [2.05, 4.69) is 48.8 Å². The summed E-state index contributed by atoms with van der Waals surface area (Å²) in [6, 6.07) is 0.942. The van der Waals surface area contributed by atoms with Gasteiger partial charge in [-0.2, -0.15) is 0 Å². The molecule has 112 valence electrons. The molecule has 0 radical (unpaired) electrons. The number of hydrogen-bond acceptors (Lipinski definition) is 0. The summed E-state index contributed by atoms with van der Waals surface area (Å²) in [4.78, 5) is 0. The maximum absolute atomic E-state index is 2.46. The van der Waals surface area contributed by atoms with Gasteiger partial charge in [0, 0.05) is 11.8 Å². The van der Waals surface area contributed by atoms with Crippen LogP contribution in [0.1, 0.15) is 59.8 Å². The van der Waals surface area contributed by atoms with E-state index in [1.54, 1.807) is 0 Å². The van der Waals surface area contributed by atoms with Gasteiger partial charge in [-0.3, -0.25) is 0 Å². The zero-order valence-electron chi connectivity index (χ0n) is 14.4. The summed E-state index contributed by atoms with van der Waals surface area (Å²) in [6.45, 7) is 9.66. The molecule has 0 N–H and O–H groups in total. The van der Waals surface area contributed by atoms with Gasteiger partial charge in [-0.25, -0.2) is 0 Å². The van der Waals surface area contributed by atoms with Crippen LogP contribution in [0.4, 0.5) is 0 Å². The first-order chi connectivity index (χ1) is 8.78. The van der Waals surface area contributed by atoms with E-state index in [9.17, 15) is 0 Å². The Morgan fingerprint density at radius 1 is 1.11 bits per heavy atom. The molecule has 0 amide bonds. The van der Waals surface area contributed by atoms with Gasteiger partial charge in [-0.15, -0.1) is 0 Å². The molecule has 0 aromatic heterocycles. The Kier molecular flexibility index (Phi) is 4.09. The molecule has 1 heteroatoms. The standard InChI is InChI=1S/C18H36N/c1-8-10-18(13(3)4)12-14(18)11-16-15(9-2)17(16)19(5,6)7/h13-17H,8-12H2,1-7H3/q+1. The molecule has 2 aliphatic rings. The molecule has 0 saturated heterocycles. The fourth-order valence-electron chi connectivity index (χ4n) is 5.25. The molecule has 2 rings (SSSR count). The summed E-state index contributed by atoms with van der Waals surface area (Å²) in [5, 5.41) is 0. The van der Waals surface area contributed by atoms with Crippen molar-refractivity contribution in [1.82, 2.24) is 0 Å². The van der Waals surface area contributed by atoms with Crippen LogP contribution in [0.2, 0.25) is 0 Å². The van der Waals surface area contributed by atoms with Crippen molar-refractivity contribution in [3.63, 3.8) is 0 Å². The van der Waals surface area contributed by atoms with Crippen molar-refractivity contribution in [3.05, 3.63) is 0 Å². The monoisotopic (exact) mass is 266 g/mol. The van der Waals surface area contributed by atoms with E-state index in [1.807, 2.05) is 0 Å². The predicted octanol–water partition coefficient (Wildman–Crippen LogP) is 4.57. The molecule has 19 heavy (non-hydrogen) atoms. The fourth-order valence-corrected chi connectivity index (χ4v) is 5.25. The van der Waals surface area contributed by atoms with Crippen molar-refractivity contribution >= 4 is 0 Å². The van der Waals surface area contributed by atoms with Gasteiger partial charge in [-0.05, 0) is 42.9 Å². The second-order valence-corrected chi connectivity index (χ2v) is 8.62. The molecule has 0 aliphatic heterocycles. The number of rotatable bonds is 7. The van der Waals surface area contributed by atoms with Gasteiger partial charge in [0.15, 0.2) is 0 Å². The van der Waals surface area contributed by atoms with E-state index >= 15 is 0 Å². The minimum Gasteiger partial charge on any atom is -0.328 e. The Hall–Kier alpha value is -0.0400. The largest absolute Gasteiger partial charge is 0.328 e. The molecule has 5 atom stereocenters. The van der Waals surface area contributed by atoms with E-state index in [-0.39, 0.29) is 0 Å². The lowest BCUT2D eigenvalue weighted by molar-refractivity contribution is -0.884. The molecule has 0 spiro atoms. The van der Waals surface area contributed by atoms with Crippen LogP contribution in [0, 0.1) is 29.1 Å². The highest BCUT2D eigenvalue weighted by Gasteiger charge is 2.63. The van der Waals surface area contributed by atoms with Gasteiger partial charge in [0.25, 0.3) is 0 Å². The summed E-state index contributed by atoms with van der Waals surface area (Å²) in [5.74, 6) is 3.96. The predicted molar refractivity (Wildman–Crippen MR) is 84.0 cm³/mol. The van der Waals surface area contributed by atoms with Crippen LogP contribution in [-0.4, -0.2) is 31.7 Å². The summed E-state index contributed by atoms with van der Waals surface area (Å²) in [5.41, 5.74) is 0.727. The minimum atomic E-state index is 0.727. The number of nitrogens with zero attached hydrogens (tertiary/aromatic N) is 1. The van der Waals surface area contributed by atoms with Crippen LogP contribution < -0.4 is 0 Å². The lowest BCUT2D eigenvalue weighted by atomic mass is 9.84. The first kappa shape index (κ1) is 15.4. The maximum atomic E-state index is 2.46. The quantitative estimate of drug-likeness (QED) is 0.592. The second kappa shape index (κ2) is 5.06. The van der Waals surface area contributed by atoms with Crippen LogP contribution in [0.3, 0.4) is 0 Å². The average molecular weight is 266 g/mol. The van der Waals surface area contributed by atoms with Crippen LogP contribution in [0.15, 0.2) is 0 Å². The van der Waals surface area contributed by atoms with Gasteiger partial charge in [0.05, 0.1) is 27.2 Å². The smallest absolute Gasteiger partial charge is 0.0951 e. The molecule has 0 heterocycles. The maximum Gasteiger partial charge on any atom is 0.0951 e. The van der Waals surface area contributed by atoms with Crippen LogP contribution in [0.5, 0.6) is 0 Å². The first-order valence-corrected chi connectivity index (χ1v) is 8.59. The molecule has 5 unspecified atom stereocenters. The zero-order valence-corrected chi connectivity index (χ0v) is 14.4. The van der Waals surface area contributed by atoms with Crippen molar-refractivity contribution in [2.45, 2.75) is 65.8 Å². The van der Waals surface area contributed by atoms with Crippen LogP contribution in [-0.2, 0) is 0 Å². The third-order valence-electron chi connectivity index (χ3n) is 6.35. The van der Waals surface area contributed by atoms with E-state index in [4.69, 9.17) is 0 Å². The Morgan fingerprint density at radius 3 is 2.11 bits per heavy atom. The summed E-state index contributed by atoms with van der Waals surface area (Å²) >= 11 is 0. The third kappa shape index (κ3) is 2.73. The third-order valence-corrected chi connectivity index (χ3v) is 6.35. The summed E-state index contributed by atoms with van der Waals surface area (Å²) in [7, 11) is 7.17. The summed E-state index contributed by atoms with van der Waals surface area (Å²) < 4.78 is 1.18. The SMILES string of the molecule is CCCC1(C(C)C)CC1CC1C(CC)C1[N+](C)(C)C. The lowest BCUT2D eigenvalue weighted by Gasteiger charge is -2.25. The topological polar surface area (TPSA) is 0 Å². The molecule has 1 nitrogen and oxygen atoms in total. The number of quaternary nitrogens is 1. The van der Waals surface area contributed by atoms with E-state index in [1.165, 1.54) is 36.6 Å². The Bertz CT molecular complexity index is 314. The Morgan fingerprint density at radius 2 is 1.74 bits per heavy atom. The van der Waals surface area contributed by atoms with Crippen molar-refractivity contribution in [1.29, 1.82) is 0 Å².